The zero-order chi connectivity index (χ0) is 12.5. The van der Waals surface area contributed by atoms with Crippen LogP contribution in [0.5, 0.6) is 5.75 Å². The summed E-state index contributed by atoms with van der Waals surface area (Å²) in [6, 6.07) is 4.38. The van der Waals surface area contributed by atoms with E-state index in [2.05, 4.69) is 0 Å². The molecule has 0 saturated heterocycles. The van der Waals surface area contributed by atoms with Gasteiger partial charge in [-0.25, -0.2) is 4.39 Å². The van der Waals surface area contributed by atoms with Crippen LogP contribution in [0.2, 0.25) is 0 Å². The molecule has 17 heavy (non-hydrogen) atoms. The third-order valence-electron chi connectivity index (χ3n) is 3.28. The van der Waals surface area contributed by atoms with Crippen LogP contribution in [0.1, 0.15) is 36.0 Å². The van der Waals surface area contributed by atoms with Crippen LogP contribution in [0.3, 0.4) is 0 Å². The number of methoxy groups -OCH3 is 1. The van der Waals surface area contributed by atoms with Crippen molar-refractivity contribution in [2.24, 2.45) is 0 Å². The fraction of sp³-hybridized carbons (Fsp3) is 0.462. The first kappa shape index (κ1) is 12.0. The standard InChI is InChI=1S/C13H15FO3/c1-17-10-6-4-5-9(11(10)14)12(15)13(16)7-2-3-8-13/h4-6,16H,2-3,7-8H2,1H3. The van der Waals surface area contributed by atoms with Gasteiger partial charge in [-0.3, -0.25) is 4.79 Å². The van der Waals surface area contributed by atoms with E-state index < -0.39 is 17.2 Å². The first-order valence-electron chi connectivity index (χ1n) is 5.68. The van der Waals surface area contributed by atoms with E-state index in [0.29, 0.717) is 12.8 Å². The van der Waals surface area contributed by atoms with Gasteiger partial charge in [0, 0.05) is 0 Å². The molecule has 2 rings (SSSR count). The predicted molar refractivity (Wildman–Crippen MR) is 60.7 cm³/mol. The fourth-order valence-corrected chi connectivity index (χ4v) is 2.28. The molecule has 0 aromatic heterocycles. The van der Waals surface area contributed by atoms with Gasteiger partial charge in [0.05, 0.1) is 12.7 Å². The number of benzene rings is 1. The van der Waals surface area contributed by atoms with Crippen LogP contribution in [0.4, 0.5) is 4.39 Å². The van der Waals surface area contributed by atoms with Gasteiger partial charge < -0.3 is 9.84 Å². The normalized spacial score (nSPS) is 18.1. The van der Waals surface area contributed by atoms with Gasteiger partial charge in [-0.15, -0.1) is 0 Å². The maximum Gasteiger partial charge on any atom is 0.197 e. The summed E-state index contributed by atoms with van der Waals surface area (Å²) in [7, 11) is 1.34. The molecule has 92 valence electrons. The van der Waals surface area contributed by atoms with Gasteiger partial charge in [-0.1, -0.05) is 6.07 Å². The highest BCUT2D eigenvalue weighted by Crippen LogP contribution is 2.34. The number of carbonyl (C=O) groups excluding carboxylic acids is 1. The van der Waals surface area contributed by atoms with Gasteiger partial charge in [0.25, 0.3) is 0 Å². The SMILES string of the molecule is COc1cccc(C(=O)C2(O)CCCC2)c1F. The van der Waals surface area contributed by atoms with Crippen LogP contribution in [0.25, 0.3) is 0 Å². The molecule has 0 heterocycles. The maximum absolute atomic E-state index is 13.9. The van der Waals surface area contributed by atoms with E-state index >= 15 is 0 Å². The van der Waals surface area contributed by atoms with Crippen molar-refractivity contribution in [1.82, 2.24) is 0 Å². The van der Waals surface area contributed by atoms with Gasteiger partial charge in [0.15, 0.2) is 17.3 Å². The lowest BCUT2D eigenvalue weighted by Gasteiger charge is -2.20. The number of halogens is 1. The summed E-state index contributed by atoms with van der Waals surface area (Å²) in [4.78, 5) is 12.1. The van der Waals surface area contributed by atoms with Gasteiger partial charge in [0.2, 0.25) is 0 Å². The predicted octanol–water partition coefficient (Wildman–Crippen LogP) is 2.32. The maximum atomic E-state index is 13.9. The number of hydrogen-bond donors (Lipinski definition) is 1. The molecule has 0 atom stereocenters. The van der Waals surface area contributed by atoms with Gasteiger partial charge >= 0.3 is 0 Å². The number of rotatable bonds is 3. The largest absolute Gasteiger partial charge is 0.494 e. The van der Waals surface area contributed by atoms with Crippen LogP contribution >= 0.6 is 0 Å². The Morgan fingerprint density at radius 1 is 1.41 bits per heavy atom. The third-order valence-corrected chi connectivity index (χ3v) is 3.28. The number of ether oxygens (including phenoxy) is 1. The lowest BCUT2D eigenvalue weighted by molar-refractivity contribution is 0.0348. The molecule has 0 spiro atoms. The highest BCUT2D eigenvalue weighted by Gasteiger charge is 2.40. The van der Waals surface area contributed by atoms with Crippen LogP contribution in [-0.2, 0) is 0 Å². The van der Waals surface area contributed by atoms with Crippen molar-refractivity contribution < 1.29 is 19.0 Å². The lowest BCUT2D eigenvalue weighted by atomic mass is 9.91. The second-order valence-electron chi connectivity index (χ2n) is 4.39. The van der Waals surface area contributed by atoms with Crippen molar-refractivity contribution in [3.63, 3.8) is 0 Å². The molecule has 3 nitrogen and oxygen atoms in total. The average molecular weight is 238 g/mol. The number of carbonyl (C=O) groups is 1. The Morgan fingerprint density at radius 3 is 2.65 bits per heavy atom. The summed E-state index contributed by atoms with van der Waals surface area (Å²) in [5.74, 6) is -1.20. The molecular formula is C13H15FO3. The Balaban J connectivity index is 2.37. The molecule has 1 aromatic rings. The molecule has 1 aliphatic carbocycles. The summed E-state index contributed by atoms with van der Waals surface area (Å²) in [6.45, 7) is 0. The lowest BCUT2D eigenvalue weighted by Crippen LogP contribution is -2.35. The molecule has 0 unspecified atom stereocenters. The van der Waals surface area contributed by atoms with Crippen molar-refractivity contribution in [1.29, 1.82) is 0 Å². The topological polar surface area (TPSA) is 46.5 Å². The summed E-state index contributed by atoms with van der Waals surface area (Å²) < 4.78 is 18.7. The molecule has 1 saturated carbocycles. The van der Waals surface area contributed by atoms with Crippen molar-refractivity contribution in [3.05, 3.63) is 29.6 Å². The monoisotopic (exact) mass is 238 g/mol. The van der Waals surface area contributed by atoms with Crippen LogP contribution in [0, 0.1) is 5.82 Å². The highest BCUT2D eigenvalue weighted by molar-refractivity contribution is 6.03. The first-order chi connectivity index (χ1) is 8.08. The number of hydrogen-bond acceptors (Lipinski definition) is 3. The molecule has 0 aliphatic heterocycles. The van der Waals surface area contributed by atoms with Crippen molar-refractivity contribution in [2.45, 2.75) is 31.3 Å². The molecule has 0 bridgehead atoms. The van der Waals surface area contributed by atoms with E-state index in [1.165, 1.54) is 19.2 Å². The van der Waals surface area contributed by atoms with Crippen LogP contribution < -0.4 is 4.74 Å². The quantitative estimate of drug-likeness (QED) is 0.822. The van der Waals surface area contributed by atoms with Crippen molar-refractivity contribution in [2.75, 3.05) is 7.11 Å². The summed E-state index contributed by atoms with van der Waals surface area (Å²) >= 11 is 0. The highest BCUT2D eigenvalue weighted by atomic mass is 19.1. The molecule has 0 amide bonds. The molecule has 1 aliphatic rings. The van der Waals surface area contributed by atoms with E-state index in [9.17, 15) is 14.3 Å². The molecule has 1 N–H and O–H groups in total. The van der Waals surface area contributed by atoms with Crippen LogP contribution in [0.15, 0.2) is 18.2 Å². The van der Waals surface area contributed by atoms with Gasteiger partial charge in [-0.2, -0.15) is 0 Å². The second-order valence-corrected chi connectivity index (χ2v) is 4.39. The average Bonchev–Trinajstić information content (AvgIpc) is 2.77. The first-order valence-corrected chi connectivity index (χ1v) is 5.68. The van der Waals surface area contributed by atoms with Crippen molar-refractivity contribution >= 4 is 5.78 Å². The minimum atomic E-state index is -1.40. The number of Topliss-reactive ketones (excluding diaryl/α,β-unsaturated/α-hetero) is 1. The van der Waals surface area contributed by atoms with Gasteiger partial charge in [0.1, 0.15) is 5.60 Å². The van der Waals surface area contributed by atoms with E-state index in [0.717, 1.165) is 12.8 Å². The third kappa shape index (κ3) is 2.05. The smallest absolute Gasteiger partial charge is 0.197 e. The summed E-state index contributed by atoms with van der Waals surface area (Å²) in [5.41, 5.74) is -1.48. The zero-order valence-electron chi connectivity index (χ0n) is 9.70. The van der Waals surface area contributed by atoms with E-state index in [1.54, 1.807) is 6.07 Å². The van der Waals surface area contributed by atoms with Crippen molar-refractivity contribution in [3.8, 4) is 5.75 Å². The summed E-state index contributed by atoms with van der Waals surface area (Å²) in [5, 5.41) is 10.1. The molecule has 4 heteroatoms. The summed E-state index contributed by atoms with van der Waals surface area (Å²) in [6.07, 6.45) is 2.41. The van der Waals surface area contributed by atoms with E-state index in [-0.39, 0.29) is 11.3 Å². The molecule has 1 aromatic carbocycles. The minimum absolute atomic E-state index is 0.0254. The van der Waals surface area contributed by atoms with Crippen LogP contribution in [-0.4, -0.2) is 23.6 Å². The Labute approximate surface area is 99.2 Å². The van der Waals surface area contributed by atoms with E-state index in [4.69, 9.17) is 4.74 Å². The Kier molecular flexibility index (Phi) is 3.15. The van der Waals surface area contributed by atoms with E-state index in [1.807, 2.05) is 0 Å². The molecule has 1 fully saturated rings. The Morgan fingerprint density at radius 2 is 2.06 bits per heavy atom. The zero-order valence-corrected chi connectivity index (χ0v) is 9.70. The van der Waals surface area contributed by atoms with Gasteiger partial charge in [-0.05, 0) is 37.8 Å². The molecular weight excluding hydrogens is 223 g/mol. The number of ketones is 1. The fourth-order valence-electron chi connectivity index (χ4n) is 2.28. The Bertz CT molecular complexity index is 436. The minimum Gasteiger partial charge on any atom is -0.494 e. The Hall–Kier alpha value is -1.42. The number of aliphatic hydroxyl groups is 1. The molecule has 0 radical (unpaired) electrons. The second kappa shape index (κ2) is 4.45.